The second kappa shape index (κ2) is 7.25. The predicted octanol–water partition coefficient (Wildman–Crippen LogP) is 4.02. The first-order valence-corrected chi connectivity index (χ1v) is 7.64. The maximum absolute atomic E-state index is 4.39. The van der Waals surface area contributed by atoms with Gasteiger partial charge in [0.05, 0.1) is 6.20 Å². The van der Waals surface area contributed by atoms with Gasteiger partial charge < -0.3 is 5.32 Å². The highest BCUT2D eigenvalue weighted by atomic mass is 15.3. The van der Waals surface area contributed by atoms with Crippen LogP contribution in [0.25, 0.3) is 11.1 Å². The van der Waals surface area contributed by atoms with Crippen molar-refractivity contribution in [2.45, 2.75) is 46.2 Å². The number of benzene rings is 1. The molecular formula is C17H25N3. The Morgan fingerprint density at radius 2 is 1.85 bits per heavy atom. The molecule has 1 unspecified atom stereocenters. The van der Waals surface area contributed by atoms with E-state index in [2.05, 4.69) is 61.6 Å². The van der Waals surface area contributed by atoms with Crippen LogP contribution in [0.3, 0.4) is 0 Å². The number of hydrogen-bond acceptors (Lipinski definition) is 2. The van der Waals surface area contributed by atoms with E-state index in [4.69, 9.17) is 0 Å². The van der Waals surface area contributed by atoms with Crippen LogP contribution < -0.4 is 5.32 Å². The largest absolute Gasteiger partial charge is 0.310 e. The zero-order chi connectivity index (χ0) is 14.4. The van der Waals surface area contributed by atoms with E-state index in [0.717, 1.165) is 25.9 Å². The number of aromatic nitrogens is 2. The van der Waals surface area contributed by atoms with Gasteiger partial charge in [-0.2, -0.15) is 5.10 Å². The normalized spacial score (nSPS) is 12.6. The summed E-state index contributed by atoms with van der Waals surface area (Å²) in [6.07, 6.45) is 6.30. The minimum Gasteiger partial charge on any atom is -0.310 e. The van der Waals surface area contributed by atoms with E-state index < -0.39 is 0 Å². The summed E-state index contributed by atoms with van der Waals surface area (Å²) in [5, 5.41) is 7.90. The van der Waals surface area contributed by atoms with E-state index in [9.17, 15) is 0 Å². The molecule has 0 bridgehead atoms. The lowest BCUT2D eigenvalue weighted by Crippen LogP contribution is -2.19. The van der Waals surface area contributed by atoms with Crippen LogP contribution in [0.1, 0.15) is 45.2 Å². The Labute approximate surface area is 122 Å². The molecule has 0 radical (unpaired) electrons. The Morgan fingerprint density at radius 3 is 2.45 bits per heavy atom. The lowest BCUT2D eigenvalue weighted by atomic mass is 10.0. The van der Waals surface area contributed by atoms with Crippen LogP contribution >= 0.6 is 0 Å². The zero-order valence-corrected chi connectivity index (χ0v) is 12.8. The van der Waals surface area contributed by atoms with Gasteiger partial charge in [-0.1, -0.05) is 45.0 Å². The second-order valence-electron chi connectivity index (χ2n) is 5.13. The van der Waals surface area contributed by atoms with E-state index in [0.29, 0.717) is 6.04 Å². The molecule has 3 heteroatoms. The first-order valence-electron chi connectivity index (χ1n) is 7.64. The Morgan fingerprint density at radius 1 is 1.10 bits per heavy atom. The van der Waals surface area contributed by atoms with Crippen molar-refractivity contribution in [3.05, 3.63) is 42.2 Å². The van der Waals surface area contributed by atoms with Crippen molar-refractivity contribution in [3.8, 4) is 11.1 Å². The molecule has 0 fully saturated rings. The number of aryl methyl sites for hydroxylation is 1. The van der Waals surface area contributed by atoms with Crippen molar-refractivity contribution < 1.29 is 0 Å². The Hall–Kier alpha value is -1.61. The van der Waals surface area contributed by atoms with Crippen LogP contribution in [0, 0.1) is 0 Å². The minimum absolute atomic E-state index is 0.455. The molecule has 1 aromatic carbocycles. The highest BCUT2D eigenvalue weighted by Crippen LogP contribution is 2.23. The molecule has 0 saturated heterocycles. The summed E-state index contributed by atoms with van der Waals surface area (Å²) < 4.78 is 2.01. The first kappa shape index (κ1) is 14.8. The third-order valence-electron chi connectivity index (χ3n) is 3.59. The van der Waals surface area contributed by atoms with Crippen molar-refractivity contribution in [2.24, 2.45) is 0 Å². The molecule has 0 aliphatic carbocycles. The summed E-state index contributed by atoms with van der Waals surface area (Å²) in [7, 11) is 0. The summed E-state index contributed by atoms with van der Waals surface area (Å²) in [6, 6.07) is 9.30. The summed E-state index contributed by atoms with van der Waals surface area (Å²) in [6.45, 7) is 8.53. The van der Waals surface area contributed by atoms with Gasteiger partial charge in [0.1, 0.15) is 0 Å². The number of hydrogen-bond donors (Lipinski definition) is 1. The van der Waals surface area contributed by atoms with Crippen LogP contribution in [0.2, 0.25) is 0 Å². The SMILES string of the molecule is CCCn1cc(-c2ccc(C(CC)NCC)cc2)cn1. The third kappa shape index (κ3) is 3.48. The third-order valence-corrected chi connectivity index (χ3v) is 3.59. The maximum Gasteiger partial charge on any atom is 0.0568 e. The maximum atomic E-state index is 4.39. The van der Waals surface area contributed by atoms with Crippen LogP contribution in [-0.2, 0) is 6.54 Å². The van der Waals surface area contributed by atoms with E-state index >= 15 is 0 Å². The van der Waals surface area contributed by atoms with Crippen molar-refractivity contribution in [2.75, 3.05) is 6.54 Å². The van der Waals surface area contributed by atoms with Gasteiger partial charge in [-0.3, -0.25) is 4.68 Å². The van der Waals surface area contributed by atoms with Gasteiger partial charge in [-0.15, -0.1) is 0 Å². The summed E-state index contributed by atoms with van der Waals surface area (Å²) in [5.74, 6) is 0. The topological polar surface area (TPSA) is 29.9 Å². The van der Waals surface area contributed by atoms with Gasteiger partial charge in [0.15, 0.2) is 0 Å². The molecule has 0 saturated carbocycles. The second-order valence-corrected chi connectivity index (χ2v) is 5.13. The van der Waals surface area contributed by atoms with Crippen LogP contribution in [0.5, 0.6) is 0 Å². The fourth-order valence-corrected chi connectivity index (χ4v) is 2.52. The van der Waals surface area contributed by atoms with Crippen LogP contribution in [0.15, 0.2) is 36.7 Å². The van der Waals surface area contributed by atoms with Crippen LogP contribution in [-0.4, -0.2) is 16.3 Å². The zero-order valence-electron chi connectivity index (χ0n) is 12.8. The molecule has 0 spiro atoms. The van der Waals surface area contributed by atoms with Gasteiger partial charge in [0.25, 0.3) is 0 Å². The fourth-order valence-electron chi connectivity index (χ4n) is 2.52. The molecular weight excluding hydrogens is 246 g/mol. The fraction of sp³-hybridized carbons (Fsp3) is 0.471. The highest BCUT2D eigenvalue weighted by Gasteiger charge is 2.08. The lowest BCUT2D eigenvalue weighted by Gasteiger charge is -2.16. The standard InChI is InChI=1S/C17H25N3/c1-4-11-20-13-16(12-19-20)14-7-9-15(10-8-14)17(5-2)18-6-3/h7-10,12-13,17-18H,4-6,11H2,1-3H3. The molecule has 1 heterocycles. The van der Waals surface area contributed by atoms with Crippen molar-refractivity contribution >= 4 is 0 Å². The van der Waals surface area contributed by atoms with Crippen molar-refractivity contribution in [3.63, 3.8) is 0 Å². The molecule has 1 aromatic heterocycles. The van der Waals surface area contributed by atoms with Crippen molar-refractivity contribution in [1.82, 2.24) is 15.1 Å². The van der Waals surface area contributed by atoms with Gasteiger partial charge in [-0.05, 0) is 30.5 Å². The summed E-state index contributed by atoms with van der Waals surface area (Å²) in [4.78, 5) is 0. The highest BCUT2D eigenvalue weighted by molar-refractivity contribution is 5.62. The first-order chi connectivity index (χ1) is 9.78. The summed E-state index contributed by atoms with van der Waals surface area (Å²) in [5.41, 5.74) is 3.79. The van der Waals surface area contributed by atoms with Crippen LogP contribution in [0.4, 0.5) is 0 Å². The monoisotopic (exact) mass is 271 g/mol. The van der Waals surface area contributed by atoms with Gasteiger partial charge in [-0.25, -0.2) is 0 Å². The lowest BCUT2D eigenvalue weighted by molar-refractivity contribution is 0.537. The Balaban J connectivity index is 2.14. The van der Waals surface area contributed by atoms with Gasteiger partial charge >= 0.3 is 0 Å². The molecule has 2 rings (SSSR count). The Bertz CT molecular complexity index is 513. The molecule has 1 atom stereocenters. The van der Waals surface area contributed by atoms with Gasteiger partial charge in [0.2, 0.25) is 0 Å². The quantitative estimate of drug-likeness (QED) is 0.824. The minimum atomic E-state index is 0.455. The van der Waals surface area contributed by atoms with E-state index in [-0.39, 0.29) is 0 Å². The Kier molecular flexibility index (Phi) is 5.36. The molecule has 1 N–H and O–H groups in total. The molecule has 20 heavy (non-hydrogen) atoms. The molecule has 0 amide bonds. The molecule has 2 aromatic rings. The van der Waals surface area contributed by atoms with Crippen molar-refractivity contribution in [1.29, 1.82) is 0 Å². The average Bonchev–Trinajstić information content (AvgIpc) is 2.94. The van der Waals surface area contributed by atoms with E-state index in [1.807, 2.05) is 10.9 Å². The summed E-state index contributed by atoms with van der Waals surface area (Å²) >= 11 is 0. The average molecular weight is 271 g/mol. The van der Waals surface area contributed by atoms with E-state index in [1.165, 1.54) is 16.7 Å². The van der Waals surface area contributed by atoms with E-state index in [1.54, 1.807) is 0 Å². The molecule has 108 valence electrons. The number of rotatable bonds is 7. The predicted molar refractivity (Wildman–Crippen MR) is 84.7 cm³/mol. The molecule has 0 aliphatic heterocycles. The van der Waals surface area contributed by atoms with Gasteiger partial charge in [0, 0.05) is 24.3 Å². The molecule has 0 aliphatic rings. The number of nitrogens with one attached hydrogen (secondary N) is 1. The smallest absolute Gasteiger partial charge is 0.0568 e. The molecule has 3 nitrogen and oxygen atoms in total. The number of nitrogens with zero attached hydrogens (tertiary/aromatic N) is 2.